The molecule has 1 aromatic heterocycles. The average molecular weight is 337 g/mol. The van der Waals surface area contributed by atoms with Crippen LogP contribution in [0.2, 0.25) is 4.34 Å². The number of hydrogen-bond donors (Lipinski definition) is 1. The third-order valence-electron chi connectivity index (χ3n) is 3.81. The summed E-state index contributed by atoms with van der Waals surface area (Å²) in [4.78, 5) is 0. The standard InChI is InChI=1S/C13H21ClN2O2S2/c1-4-10-8-16(11(5-2)7-15-10)20(17,18)12-6-9(3)13(14)19-12/h6,10-11,15H,4-5,7-8H2,1-3H3. The molecule has 2 unspecified atom stereocenters. The maximum absolute atomic E-state index is 12.8. The third-order valence-corrected chi connectivity index (χ3v) is 7.73. The van der Waals surface area contributed by atoms with Crippen LogP contribution in [0.15, 0.2) is 10.3 Å². The van der Waals surface area contributed by atoms with E-state index in [9.17, 15) is 8.42 Å². The maximum atomic E-state index is 12.8. The second-order valence-electron chi connectivity index (χ2n) is 5.17. The highest BCUT2D eigenvalue weighted by molar-refractivity contribution is 7.91. The molecule has 1 saturated heterocycles. The lowest BCUT2D eigenvalue weighted by Crippen LogP contribution is -2.57. The molecular weight excluding hydrogens is 316 g/mol. The van der Waals surface area contributed by atoms with Crippen LogP contribution < -0.4 is 5.32 Å². The van der Waals surface area contributed by atoms with Crippen LogP contribution in [0.3, 0.4) is 0 Å². The fourth-order valence-electron chi connectivity index (χ4n) is 2.43. The zero-order valence-electron chi connectivity index (χ0n) is 12.0. The number of sulfonamides is 1. The molecule has 1 fully saturated rings. The molecule has 0 aliphatic carbocycles. The van der Waals surface area contributed by atoms with E-state index in [1.54, 1.807) is 10.4 Å². The summed E-state index contributed by atoms with van der Waals surface area (Å²) in [7, 11) is -3.44. The Bertz CT molecular complexity index is 551. The van der Waals surface area contributed by atoms with Crippen LogP contribution in [0.1, 0.15) is 32.3 Å². The molecule has 0 amide bonds. The van der Waals surface area contributed by atoms with Crippen LogP contribution in [0.4, 0.5) is 0 Å². The van der Waals surface area contributed by atoms with Crippen LogP contribution >= 0.6 is 22.9 Å². The molecule has 2 atom stereocenters. The molecule has 0 bridgehead atoms. The zero-order chi connectivity index (χ0) is 14.9. The minimum Gasteiger partial charge on any atom is -0.311 e. The predicted molar refractivity (Wildman–Crippen MR) is 84.1 cm³/mol. The summed E-state index contributed by atoms with van der Waals surface area (Å²) in [5.41, 5.74) is 0.825. The van der Waals surface area contributed by atoms with Gasteiger partial charge in [0.2, 0.25) is 0 Å². The van der Waals surface area contributed by atoms with Gasteiger partial charge in [0.15, 0.2) is 0 Å². The van der Waals surface area contributed by atoms with E-state index in [4.69, 9.17) is 11.6 Å². The fourth-order valence-corrected chi connectivity index (χ4v) is 6.01. The molecule has 0 saturated carbocycles. The molecule has 4 nitrogen and oxygen atoms in total. The molecule has 0 aromatic carbocycles. The second kappa shape index (κ2) is 6.32. The Hall–Kier alpha value is -0.140. The number of rotatable bonds is 4. The van der Waals surface area contributed by atoms with Gasteiger partial charge in [0.1, 0.15) is 4.21 Å². The first-order valence-corrected chi connectivity index (χ1v) is 9.54. The normalized spacial score (nSPS) is 25.0. The van der Waals surface area contributed by atoms with Crippen LogP contribution in [0.25, 0.3) is 0 Å². The van der Waals surface area contributed by atoms with Gasteiger partial charge in [-0.05, 0) is 31.4 Å². The lowest BCUT2D eigenvalue weighted by molar-refractivity contribution is 0.216. The van der Waals surface area contributed by atoms with Gasteiger partial charge in [-0.25, -0.2) is 8.42 Å². The van der Waals surface area contributed by atoms with Crippen LogP contribution in [0, 0.1) is 6.92 Å². The van der Waals surface area contributed by atoms with Crippen molar-refractivity contribution in [2.45, 2.75) is 49.9 Å². The number of piperazine rings is 1. The second-order valence-corrected chi connectivity index (χ2v) is 8.94. The number of nitrogens with one attached hydrogen (secondary N) is 1. The highest BCUT2D eigenvalue weighted by Gasteiger charge is 2.36. The first-order valence-electron chi connectivity index (χ1n) is 6.91. The monoisotopic (exact) mass is 336 g/mol. The van der Waals surface area contributed by atoms with E-state index in [-0.39, 0.29) is 12.1 Å². The largest absolute Gasteiger partial charge is 0.311 e. The highest BCUT2D eigenvalue weighted by atomic mass is 35.5. The Labute approximate surface area is 130 Å². The minimum atomic E-state index is -3.44. The molecule has 1 aromatic rings. The Kier molecular flexibility index (Phi) is 5.13. The van der Waals surface area contributed by atoms with Gasteiger partial charge in [0, 0.05) is 25.2 Å². The molecule has 114 valence electrons. The van der Waals surface area contributed by atoms with Crippen molar-refractivity contribution in [1.82, 2.24) is 9.62 Å². The van der Waals surface area contributed by atoms with Crippen molar-refractivity contribution in [3.05, 3.63) is 16.0 Å². The molecule has 0 spiro atoms. The Balaban J connectivity index is 2.34. The molecule has 0 radical (unpaired) electrons. The smallest absolute Gasteiger partial charge is 0.252 e. The van der Waals surface area contributed by atoms with E-state index in [2.05, 4.69) is 12.2 Å². The number of halogens is 1. The molecule has 1 aliphatic rings. The number of aryl methyl sites for hydroxylation is 1. The first-order chi connectivity index (χ1) is 9.40. The number of hydrogen-bond acceptors (Lipinski definition) is 4. The third kappa shape index (κ3) is 3.04. The fraction of sp³-hybridized carbons (Fsp3) is 0.692. The van der Waals surface area contributed by atoms with Crippen LogP contribution in [-0.2, 0) is 10.0 Å². The van der Waals surface area contributed by atoms with Gasteiger partial charge >= 0.3 is 0 Å². The molecule has 2 heterocycles. The van der Waals surface area contributed by atoms with E-state index >= 15 is 0 Å². The van der Waals surface area contributed by atoms with Crippen molar-refractivity contribution in [2.24, 2.45) is 0 Å². The van der Waals surface area contributed by atoms with Crippen molar-refractivity contribution in [3.8, 4) is 0 Å². The maximum Gasteiger partial charge on any atom is 0.252 e. The van der Waals surface area contributed by atoms with Crippen molar-refractivity contribution in [1.29, 1.82) is 0 Å². The van der Waals surface area contributed by atoms with E-state index in [1.165, 1.54) is 0 Å². The van der Waals surface area contributed by atoms with Gasteiger partial charge in [-0.2, -0.15) is 4.31 Å². The van der Waals surface area contributed by atoms with Gasteiger partial charge in [-0.3, -0.25) is 0 Å². The summed E-state index contributed by atoms with van der Waals surface area (Å²) >= 11 is 7.18. The van der Waals surface area contributed by atoms with Gasteiger partial charge in [-0.1, -0.05) is 25.4 Å². The summed E-state index contributed by atoms with van der Waals surface area (Å²) in [5.74, 6) is 0. The van der Waals surface area contributed by atoms with Gasteiger partial charge in [-0.15, -0.1) is 11.3 Å². The summed E-state index contributed by atoms with van der Waals surface area (Å²) in [6, 6.07) is 1.92. The Morgan fingerprint density at radius 3 is 2.65 bits per heavy atom. The van der Waals surface area contributed by atoms with Gasteiger partial charge in [0.25, 0.3) is 10.0 Å². The van der Waals surface area contributed by atoms with E-state index < -0.39 is 10.0 Å². The average Bonchev–Trinajstić information content (AvgIpc) is 2.78. The molecule has 7 heteroatoms. The Morgan fingerprint density at radius 2 is 2.15 bits per heavy atom. The summed E-state index contributed by atoms with van der Waals surface area (Å²) in [6.45, 7) is 7.18. The molecule has 1 N–H and O–H groups in total. The van der Waals surface area contributed by atoms with Crippen molar-refractivity contribution in [2.75, 3.05) is 13.1 Å². The zero-order valence-corrected chi connectivity index (χ0v) is 14.4. The highest BCUT2D eigenvalue weighted by Crippen LogP contribution is 2.33. The predicted octanol–water partition coefficient (Wildman–Crippen LogP) is 2.86. The lowest BCUT2D eigenvalue weighted by Gasteiger charge is -2.38. The van der Waals surface area contributed by atoms with Gasteiger partial charge < -0.3 is 5.32 Å². The lowest BCUT2D eigenvalue weighted by atomic mass is 10.1. The van der Waals surface area contributed by atoms with Crippen molar-refractivity contribution < 1.29 is 8.42 Å². The quantitative estimate of drug-likeness (QED) is 0.919. The molecule has 20 heavy (non-hydrogen) atoms. The number of thiophene rings is 1. The van der Waals surface area contributed by atoms with Crippen molar-refractivity contribution in [3.63, 3.8) is 0 Å². The summed E-state index contributed by atoms with van der Waals surface area (Å²) in [6.07, 6.45) is 1.73. The van der Waals surface area contributed by atoms with E-state index in [0.717, 1.165) is 29.7 Å². The molecule has 2 rings (SSSR count). The summed E-state index contributed by atoms with van der Waals surface area (Å²) in [5, 5.41) is 3.41. The topological polar surface area (TPSA) is 49.4 Å². The van der Waals surface area contributed by atoms with Crippen LogP contribution in [0.5, 0.6) is 0 Å². The van der Waals surface area contributed by atoms with Crippen LogP contribution in [-0.4, -0.2) is 37.9 Å². The molecule has 1 aliphatic heterocycles. The SMILES string of the molecule is CCC1CN(S(=O)(=O)c2cc(C)c(Cl)s2)C(CC)CN1. The summed E-state index contributed by atoms with van der Waals surface area (Å²) < 4.78 is 28.2. The molecular formula is C13H21ClN2O2S2. The first kappa shape index (κ1) is 16.2. The Morgan fingerprint density at radius 1 is 1.45 bits per heavy atom. The van der Waals surface area contributed by atoms with E-state index in [0.29, 0.717) is 21.6 Å². The van der Waals surface area contributed by atoms with E-state index in [1.807, 2.05) is 13.8 Å². The van der Waals surface area contributed by atoms with Gasteiger partial charge in [0.05, 0.1) is 4.34 Å². The number of nitrogens with zero attached hydrogens (tertiary/aromatic N) is 1. The van der Waals surface area contributed by atoms with Crippen molar-refractivity contribution >= 4 is 33.0 Å². The minimum absolute atomic E-state index is 0.0176.